The second-order valence-electron chi connectivity index (χ2n) is 4.96. The van der Waals surface area contributed by atoms with Gasteiger partial charge in [0.1, 0.15) is 6.61 Å². The van der Waals surface area contributed by atoms with E-state index in [4.69, 9.17) is 5.11 Å². The first kappa shape index (κ1) is 15.7. The Kier molecular flexibility index (Phi) is 4.76. The lowest BCUT2D eigenvalue weighted by Crippen LogP contribution is -2.21. The summed E-state index contributed by atoms with van der Waals surface area (Å²) in [6, 6.07) is -0.352. The molecular formula is C11H15F3N4O3. The first-order chi connectivity index (χ1) is 9.87. The van der Waals surface area contributed by atoms with Gasteiger partial charge in [0.15, 0.2) is 5.82 Å². The van der Waals surface area contributed by atoms with E-state index in [9.17, 15) is 18.0 Å². The van der Waals surface area contributed by atoms with Gasteiger partial charge < -0.3 is 9.84 Å². The molecule has 118 valence electrons. The van der Waals surface area contributed by atoms with Crippen LogP contribution in [0, 0.1) is 5.92 Å². The predicted octanol–water partition coefficient (Wildman–Crippen LogP) is 1.22. The minimum Gasteiger partial charge on any atom is -0.481 e. The summed E-state index contributed by atoms with van der Waals surface area (Å²) >= 11 is 0. The van der Waals surface area contributed by atoms with Crippen LogP contribution in [0.15, 0.2) is 0 Å². The number of aliphatic carboxylic acids is 1. The van der Waals surface area contributed by atoms with E-state index in [1.54, 1.807) is 0 Å². The van der Waals surface area contributed by atoms with Crippen molar-refractivity contribution in [2.45, 2.75) is 37.9 Å². The third kappa shape index (κ3) is 4.96. The molecule has 1 aliphatic carbocycles. The molecule has 0 bridgehead atoms. The molecule has 0 amide bonds. The molecule has 1 atom stereocenters. The van der Waals surface area contributed by atoms with Crippen molar-refractivity contribution in [1.82, 2.24) is 20.2 Å². The molecule has 1 heterocycles. The maximum Gasteiger partial charge on any atom is 0.411 e. The van der Waals surface area contributed by atoms with E-state index in [1.165, 1.54) is 4.68 Å². The zero-order chi connectivity index (χ0) is 15.5. The number of carbonyl (C=O) groups is 1. The van der Waals surface area contributed by atoms with Crippen molar-refractivity contribution in [1.29, 1.82) is 0 Å². The van der Waals surface area contributed by atoms with Crippen LogP contribution < -0.4 is 0 Å². The number of ether oxygens (including phenoxy) is 1. The van der Waals surface area contributed by atoms with E-state index >= 15 is 0 Å². The van der Waals surface area contributed by atoms with Crippen LogP contribution in [0.5, 0.6) is 0 Å². The highest BCUT2D eigenvalue weighted by Gasteiger charge is 2.36. The lowest BCUT2D eigenvalue weighted by Gasteiger charge is -2.15. The van der Waals surface area contributed by atoms with Gasteiger partial charge in [-0.1, -0.05) is 0 Å². The first-order valence-corrected chi connectivity index (χ1v) is 6.50. The normalized spacial score (nSPS) is 16.9. The number of rotatable bonds is 8. The van der Waals surface area contributed by atoms with Gasteiger partial charge in [-0.25, -0.2) is 4.68 Å². The minimum absolute atomic E-state index is 0.103. The van der Waals surface area contributed by atoms with Gasteiger partial charge in [-0.3, -0.25) is 4.79 Å². The molecule has 0 spiro atoms. The summed E-state index contributed by atoms with van der Waals surface area (Å²) < 4.78 is 41.8. The Morgan fingerprint density at radius 2 is 2.19 bits per heavy atom. The highest BCUT2D eigenvalue weighted by molar-refractivity contribution is 5.67. The predicted molar refractivity (Wildman–Crippen MR) is 62.4 cm³/mol. The Bertz CT molecular complexity index is 487. The number of aromatic nitrogens is 4. The fourth-order valence-corrected chi connectivity index (χ4v) is 2.10. The molecule has 0 radical (unpaired) electrons. The maximum absolute atomic E-state index is 12.0. The van der Waals surface area contributed by atoms with Crippen LogP contribution in [0.4, 0.5) is 13.2 Å². The van der Waals surface area contributed by atoms with E-state index in [0.29, 0.717) is 5.82 Å². The first-order valence-electron chi connectivity index (χ1n) is 6.50. The fraction of sp³-hybridized carbons (Fsp3) is 0.818. The third-order valence-corrected chi connectivity index (χ3v) is 3.16. The van der Waals surface area contributed by atoms with Crippen molar-refractivity contribution >= 4 is 5.97 Å². The number of hydrogen-bond acceptors (Lipinski definition) is 5. The van der Waals surface area contributed by atoms with Gasteiger partial charge >= 0.3 is 12.1 Å². The second kappa shape index (κ2) is 6.37. The molecule has 1 aromatic rings. The molecule has 0 aliphatic heterocycles. The summed E-state index contributed by atoms with van der Waals surface area (Å²) in [7, 11) is 0. The number of hydrogen-bond donors (Lipinski definition) is 1. The zero-order valence-electron chi connectivity index (χ0n) is 11.1. The molecule has 0 aromatic carbocycles. The zero-order valence-corrected chi connectivity index (χ0v) is 11.1. The number of alkyl halides is 3. The molecule has 7 nitrogen and oxygen atoms in total. The highest BCUT2D eigenvalue weighted by atomic mass is 19.4. The summed E-state index contributed by atoms with van der Waals surface area (Å²) in [5, 5.41) is 19.9. The molecule has 0 saturated heterocycles. The Labute approximate surface area is 118 Å². The van der Waals surface area contributed by atoms with Crippen LogP contribution in [0.1, 0.15) is 31.1 Å². The highest BCUT2D eigenvalue weighted by Crippen LogP contribution is 2.41. The Balaban J connectivity index is 1.92. The summed E-state index contributed by atoms with van der Waals surface area (Å²) in [6.45, 7) is -1.50. The van der Waals surface area contributed by atoms with E-state index in [1.807, 2.05) is 0 Å². The molecule has 21 heavy (non-hydrogen) atoms. The topological polar surface area (TPSA) is 90.1 Å². The number of carboxylic acids is 1. The lowest BCUT2D eigenvalue weighted by atomic mass is 10.1. The van der Waals surface area contributed by atoms with Gasteiger partial charge in [0.05, 0.1) is 19.1 Å². The summed E-state index contributed by atoms with van der Waals surface area (Å²) in [5.74, 6) is -0.406. The quantitative estimate of drug-likeness (QED) is 0.726. The molecule has 1 aromatic heterocycles. The number of halogens is 3. The van der Waals surface area contributed by atoms with E-state index in [2.05, 4.69) is 20.3 Å². The Morgan fingerprint density at radius 3 is 2.76 bits per heavy atom. The fourth-order valence-electron chi connectivity index (χ4n) is 2.10. The number of nitrogens with zero attached hydrogens (tertiary/aromatic N) is 4. The molecule has 1 unspecified atom stereocenters. The van der Waals surface area contributed by atoms with Gasteiger partial charge in [0, 0.05) is 6.42 Å². The van der Waals surface area contributed by atoms with Crippen molar-refractivity contribution in [2.75, 3.05) is 13.2 Å². The van der Waals surface area contributed by atoms with E-state index in [-0.39, 0.29) is 31.4 Å². The average molecular weight is 308 g/mol. The van der Waals surface area contributed by atoms with Gasteiger partial charge in [0.2, 0.25) is 0 Å². The van der Waals surface area contributed by atoms with Crippen molar-refractivity contribution in [3.63, 3.8) is 0 Å². The molecule has 1 saturated carbocycles. The standard InChI is InChI=1S/C11H15F3N4O3/c12-11(13,14)6-21-4-3-9-15-16-17-18(9)8(5-10(19)20)7-1-2-7/h7-8H,1-6H2,(H,19,20). The Hall–Kier alpha value is -1.71. The third-order valence-electron chi connectivity index (χ3n) is 3.16. The summed E-state index contributed by atoms with van der Waals surface area (Å²) in [5.41, 5.74) is 0. The molecule has 1 aliphatic rings. The van der Waals surface area contributed by atoms with Crippen LogP contribution in [0.2, 0.25) is 0 Å². The number of carboxylic acid groups (broad SMARTS) is 1. The van der Waals surface area contributed by atoms with Crippen LogP contribution in [-0.4, -0.2) is 50.7 Å². The van der Waals surface area contributed by atoms with Gasteiger partial charge in [0.25, 0.3) is 0 Å². The smallest absolute Gasteiger partial charge is 0.411 e. The molecule has 2 rings (SSSR count). The van der Waals surface area contributed by atoms with Crippen LogP contribution >= 0.6 is 0 Å². The molecule has 1 N–H and O–H groups in total. The molecule has 1 fully saturated rings. The van der Waals surface area contributed by atoms with Crippen molar-refractivity contribution in [3.05, 3.63) is 5.82 Å². The minimum atomic E-state index is -4.37. The van der Waals surface area contributed by atoms with Crippen LogP contribution in [0.25, 0.3) is 0 Å². The van der Waals surface area contributed by atoms with Gasteiger partial charge in [-0.15, -0.1) is 5.10 Å². The number of tetrazole rings is 1. The monoisotopic (exact) mass is 308 g/mol. The lowest BCUT2D eigenvalue weighted by molar-refractivity contribution is -0.173. The van der Waals surface area contributed by atoms with E-state index in [0.717, 1.165) is 12.8 Å². The van der Waals surface area contributed by atoms with Crippen molar-refractivity contribution < 1.29 is 27.8 Å². The second-order valence-corrected chi connectivity index (χ2v) is 4.96. The molecule has 10 heteroatoms. The van der Waals surface area contributed by atoms with Crippen molar-refractivity contribution in [2.24, 2.45) is 5.92 Å². The largest absolute Gasteiger partial charge is 0.481 e. The van der Waals surface area contributed by atoms with Crippen LogP contribution in [0.3, 0.4) is 0 Å². The Morgan fingerprint density at radius 1 is 1.48 bits per heavy atom. The maximum atomic E-state index is 12.0. The van der Waals surface area contributed by atoms with Crippen LogP contribution in [-0.2, 0) is 16.0 Å². The summed E-state index contributed by atoms with van der Waals surface area (Å²) in [4.78, 5) is 10.9. The van der Waals surface area contributed by atoms with Gasteiger partial charge in [-0.2, -0.15) is 13.2 Å². The SMILES string of the molecule is O=C(O)CC(C1CC1)n1nnnc1CCOCC(F)(F)F. The van der Waals surface area contributed by atoms with Crippen molar-refractivity contribution in [3.8, 4) is 0 Å². The van der Waals surface area contributed by atoms with Gasteiger partial charge in [-0.05, 0) is 29.2 Å². The molecular weight excluding hydrogens is 293 g/mol. The van der Waals surface area contributed by atoms with E-state index < -0.39 is 18.8 Å². The average Bonchev–Trinajstić information content (AvgIpc) is 3.10. The summed E-state index contributed by atoms with van der Waals surface area (Å²) in [6.07, 6.45) is -2.56.